The van der Waals surface area contributed by atoms with E-state index in [-0.39, 0.29) is 0 Å². The van der Waals surface area contributed by atoms with Crippen LogP contribution in [0.15, 0.2) is 18.3 Å². The van der Waals surface area contributed by atoms with Crippen molar-refractivity contribution < 1.29 is 9.90 Å². The maximum Gasteiger partial charge on any atom is 0.306 e. The normalized spacial score (nSPS) is 12.2. The van der Waals surface area contributed by atoms with E-state index in [1.54, 1.807) is 25.3 Å². The number of hydrogen-bond donors (Lipinski definition) is 1. The molecule has 110 valence electrons. The zero-order valence-electron chi connectivity index (χ0n) is 12.1. The van der Waals surface area contributed by atoms with E-state index in [9.17, 15) is 4.79 Å². The molecule has 6 heteroatoms. The van der Waals surface area contributed by atoms with Crippen molar-refractivity contribution in [3.8, 4) is 11.5 Å². The second-order valence-electron chi connectivity index (χ2n) is 4.97. The third-order valence-corrected chi connectivity index (χ3v) is 3.63. The lowest BCUT2D eigenvalue weighted by Gasteiger charge is -2.13. The Kier molecular flexibility index (Phi) is 4.53. The molecule has 0 aliphatic heterocycles. The number of pyridine rings is 1. The van der Waals surface area contributed by atoms with Crippen LogP contribution in [0.5, 0.6) is 0 Å². The molecule has 0 aromatic carbocycles. The monoisotopic (exact) mass is 305 g/mol. The number of hydrogen-bond acceptors (Lipinski definition) is 4. The van der Waals surface area contributed by atoms with Gasteiger partial charge in [-0.3, -0.25) is 9.78 Å². The van der Waals surface area contributed by atoms with E-state index < -0.39 is 11.9 Å². The Labute approximate surface area is 128 Å². The number of aliphatic carboxylic acids is 1. The Bertz CT molecular complexity index is 665. The van der Waals surface area contributed by atoms with Crippen LogP contribution in [0, 0.1) is 19.8 Å². The smallest absolute Gasteiger partial charge is 0.306 e. The number of carbonyl (C=O) groups is 1. The molecule has 1 N–H and O–H groups in total. The van der Waals surface area contributed by atoms with Gasteiger partial charge in [-0.2, -0.15) is 0 Å². The quantitative estimate of drug-likeness (QED) is 0.939. The highest BCUT2D eigenvalue weighted by Gasteiger charge is 2.18. The molecule has 0 fully saturated rings. The van der Waals surface area contributed by atoms with Crippen molar-refractivity contribution in [2.75, 3.05) is 0 Å². The van der Waals surface area contributed by atoms with Gasteiger partial charge in [0, 0.05) is 17.6 Å². The number of halogens is 1. The first-order chi connectivity index (χ1) is 9.90. The van der Waals surface area contributed by atoms with Gasteiger partial charge in [-0.1, -0.05) is 18.5 Å². The van der Waals surface area contributed by atoms with Gasteiger partial charge in [0.25, 0.3) is 0 Å². The fourth-order valence-corrected chi connectivity index (χ4v) is 2.29. The molecule has 2 aromatic rings. The Hall–Kier alpha value is -2.01. The van der Waals surface area contributed by atoms with Crippen molar-refractivity contribution in [1.29, 1.82) is 0 Å². The number of carboxylic acids is 1. The molecule has 2 aromatic heterocycles. The summed E-state index contributed by atoms with van der Waals surface area (Å²) in [4.78, 5) is 24.0. The van der Waals surface area contributed by atoms with Gasteiger partial charge in [0.2, 0.25) is 0 Å². The molecule has 5 nitrogen and oxygen atoms in total. The van der Waals surface area contributed by atoms with Gasteiger partial charge in [-0.15, -0.1) is 0 Å². The molecule has 0 saturated heterocycles. The average molecular weight is 306 g/mol. The molecule has 2 heterocycles. The van der Waals surface area contributed by atoms with Crippen LogP contribution in [-0.2, 0) is 11.2 Å². The van der Waals surface area contributed by atoms with Crippen molar-refractivity contribution in [2.24, 2.45) is 5.92 Å². The zero-order chi connectivity index (χ0) is 15.6. The third kappa shape index (κ3) is 3.36. The van der Waals surface area contributed by atoms with Gasteiger partial charge in [0.1, 0.15) is 5.69 Å². The molecule has 0 saturated carbocycles. The summed E-state index contributed by atoms with van der Waals surface area (Å²) in [6.45, 7) is 5.36. The second kappa shape index (κ2) is 6.18. The van der Waals surface area contributed by atoms with E-state index in [2.05, 4.69) is 15.0 Å². The first kappa shape index (κ1) is 15.4. The number of aromatic nitrogens is 3. The third-order valence-electron chi connectivity index (χ3n) is 3.32. The largest absolute Gasteiger partial charge is 0.481 e. The van der Waals surface area contributed by atoms with Crippen LogP contribution >= 0.6 is 11.6 Å². The molecule has 1 atom stereocenters. The summed E-state index contributed by atoms with van der Waals surface area (Å²) in [7, 11) is 0. The van der Waals surface area contributed by atoms with Crippen LogP contribution in [0.2, 0.25) is 5.02 Å². The minimum atomic E-state index is -0.828. The maximum atomic E-state index is 11.0. The molecule has 21 heavy (non-hydrogen) atoms. The van der Waals surface area contributed by atoms with Crippen molar-refractivity contribution in [1.82, 2.24) is 15.0 Å². The molecule has 1 unspecified atom stereocenters. The van der Waals surface area contributed by atoms with Crippen LogP contribution in [0.25, 0.3) is 11.5 Å². The fraction of sp³-hybridized carbons (Fsp3) is 0.333. The summed E-state index contributed by atoms with van der Waals surface area (Å²) >= 11 is 6.11. The highest BCUT2D eigenvalue weighted by Crippen LogP contribution is 2.24. The van der Waals surface area contributed by atoms with E-state index in [4.69, 9.17) is 16.7 Å². The number of carboxylic acid groups (broad SMARTS) is 1. The molecule has 0 amide bonds. The summed E-state index contributed by atoms with van der Waals surface area (Å²) in [6, 6.07) is 3.48. The molecule has 2 rings (SSSR count). The predicted octanol–water partition coefficient (Wildman–Crippen LogP) is 3.07. The van der Waals surface area contributed by atoms with Crippen molar-refractivity contribution in [3.05, 3.63) is 40.3 Å². The highest BCUT2D eigenvalue weighted by molar-refractivity contribution is 6.32. The molecular formula is C15H16ClN3O2. The summed E-state index contributed by atoms with van der Waals surface area (Å²) < 4.78 is 0. The number of rotatable bonds is 4. The number of aryl methyl sites for hydroxylation is 2. The minimum absolute atomic E-state index is 0.406. The van der Waals surface area contributed by atoms with Gasteiger partial charge in [-0.05, 0) is 38.0 Å². The molecule has 0 aliphatic carbocycles. The van der Waals surface area contributed by atoms with Crippen molar-refractivity contribution >= 4 is 17.6 Å². The van der Waals surface area contributed by atoms with Gasteiger partial charge < -0.3 is 5.11 Å². The van der Waals surface area contributed by atoms with E-state index >= 15 is 0 Å². The zero-order valence-corrected chi connectivity index (χ0v) is 12.8. The molecular weight excluding hydrogens is 290 g/mol. The SMILES string of the molecule is Cc1nc(-c2ncccc2Cl)nc(C)c1CC(C)C(=O)O. The second-order valence-corrected chi connectivity index (χ2v) is 5.38. The van der Waals surface area contributed by atoms with E-state index in [0.29, 0.717) is 23.0 Å². The van der Waals surface area contributed by atoms with Gasteiger partial charge in [-0.25, -0.2) is 9.97 Å². The van der Waals surface area contributed by atoms with Crippen molar-refractivity contribution in [3.63, 3.8) is 0 Å². The van der Waals surface area contributed by atoms with Crippen LogP contribution in [0.1, 0.15) is 23.9 Å². The van der Waals surface area contributed by atoms with Gasteiger partial charge >= 0.3 is 5.97 Å². The van der Waals surface area contributed by atoms with Gasteiger partial charge in [0.15, 0.2) is 5.82 Å². The van der Waals surface area contributed by atoms with Crippen LogP contribution in [0.4, 0.5) is 0 Å². The van der Waals surface area contributed by atoms with Crippen molar-refractivity contribution in [2.45, 2.75) is 27.2 Å². The predicted molar refractivity (Wildman–Crippen MR) is 80.3 cm³/mol. The molecule has 0 radical (unpaired) electrons. The Morgan fingerprint density at radius 3 is 2.48 bits per heavy atom. The summed E-state index contributed by atoms with van der Waals surface area (Å²) in [5, 5.41) is 9.51. The lowest BCUT2D eigenvalue weighted by atomic mass is 9.99. The Morgan fingerprint density at radius 2 is 1.95 bits per heavy atom. The van der Waals surface area contributed by atoms with Crippen LogP contribution < -0.4 is 0 Å². The average Bonchev–Trinajstić information content (AvgIpc) is 2.42. The first-order valence-electron chi connectivity index (χ1n) is 6.58. The lowest BCUT2D eigenvalue weighted by Crippen LogP contribution is -2.15. The van der Waals surface area contributed by atoms with Crippen LogP contribution in [0.3, 0.4) is 0 Å². The highest BCUT2D eigenvalue weighted by atomic mass is 35.5. The van der Waals surface area contributed by atoms with E-state index in [1.807, 2.05) is 13.8 Å². The molecule has 0 spiro atoms. The summed E-state index contributed by atoms with van der Waals surface area (Å²) in [5.74, 6) is -0.844. The standard InChI is InChI=1S/C15H16ClN3O2/c1-8(15(20)21)7-11-9(2)18-14(19-10(11)3)13-12(16)5-4-6-17-13/h4-6,8H,7H2,1-3H3,(H,20,21). The number of nitrogens with zero attached hydrogens (tertiary/aromatic N) is 3. The Morgan fingerprint density at radius 1 is 1.33 bits per heavy atom. The fourth-order valence-electron chi connectivity index (χ4n) is 2.08. The van der Waals surface area contributed by atoms with E-state index in [0.717, 1.165) is 17.0 Å². The topological polar surface area (TPSA) is 76.0 Å². The summed E-state index contributed by atoms with van der Waals surface area (Å²) in [5.41, 5.74) is 2.91. The van der Waals surface area contributed by atoms with Crippen LogP contribution in [-0.4, -0.2) is 26.0 Å². The Balaban J connectivity index is 2.42. The van der Waals surface area contributed by atoms with Gasteiger partial charge in [0.05, 0.1) is 10.9 Å². The summed E-state index contributed by atoms with van der Waals surface area (Å²) in [6.07, 6.45) is 2.04. The lowest BCUT2D eigenvalue weighted by molar-refractivity contribution is -0.141. The van der Waals surface area contributed by atoms with E-state index in [1.165, 1.54) is 0 Å². The first-order valence-corrected chi connectivity index (χ1v) is 6.95. The maximum absolute atomic E-state index is 11.0. The molecule has 0 bridgehead atoms. The molecule has 0 aliphatic rings. The minimum Gasteiger partial charge on any atom is -0.481 e.